The molecule has 136 valence electrons. The zero-order valence-corrected chi connectivity index (χ0v) is 16.7. The van der Waals surface area contributed by atoms with Crippen LogP contribution in [0.5, 0.6) is 0 Å². The third kappa shape index (κ3) is 3.84. The summed E-state index contributed by atoms with van der Waals surface area (Å²) in [6.07, 6.45) is 0.443. The number of benzene rings is 3. The van der Waals surface area contributed by atoms with Crippen molar-refractivity contribution < 1.29 is 4.79 Å². The first-order valence-electron chi connectivity index (χ1n) is 9.03. The van der Waals surface area contributed by atoms with Gasteiger partial charge in [0, 0.05) is 29.0 Å². The summed E-state index contributed by atoms with van der Waals surface area (Å²) in [5, 5.41) is 2.43. The van der Waals surface area contributed by atoms with Crippen molar-refractivity contribution in [3.63, 3.8) is 0 Å². The van der Waals surface area contributed by atoms with Gasteiger partial charge in [-0.25, -0.2) is 0 Å². The number of amides is 1. The van der Waals surface area contributed by atoms with Crippen molar-refractivity contribution in [1.29, 1.82) is 0 Å². The molecule has 0 aliphatic carbocycles. The van der Waals surface area contributed by atoms with Crippen LogP contribution >= 0.6 is 23.1 Å². The van der Waals surface area contributed by atoms with Gasteiger partial charge in [-0.15, -0.1) is 11.8 Å². The number of nitrogens with zero attached hydrogens (tertiary/aromatic N) is 2. The Kier molecular flexibility index (Phi) is 5.41. The number of hydrogen-bond donors (Lipinski definition) is 0. The predicted molar refractivity (Wildman–Crippen MR) is 115 cm³/mol. The lowest BCUT2D eigenvalue weighted by molar-refractivity contribution is -0.117. The van der Waals surface area contributed by atoms with Gasteiger partial charge in [0.25, 0.3) is 0 Å². The molecule has 0 radical (unpaired) electrons. The molecule has 0 aliphatic rings. The Morgan fingerprint density at radius 2 is 1.81 bits per heavy atom. The van der Waals surface area contributed by atoms with Crippen molar-refractivity contribution in [3.05, 3.63) is 71.5 Å². The number of carbonyl (C=O) groups excluding carboxylic acids is 1. The maximum absolute atomic E-state index is 12.4. The zero-order chi connectivity index (χ0) is 18.6. The maximum atomic E-state index is 12.4. The van der Waals surface area contributed by atoms with Crippen LogP contribution in [0.2, 0.25) is 0 Å². The molecule has 0 saturated carbocycles. The van der Waals surface area contributed by atoms with Crippen LogP contribution in [0.3, 0.4) is 0 Å². The Morgan fingerprint density at radius 1 is 1.04 bits per heavy atom. The van der Waals surface area contributed by atoms with Crippen molar-refractivity contribution >= 4 is 50.0 Å². The molecule has 3 nitrogen and oxygen atoms in total. The molecule has 27 heavy (non-hydrogen) atoms. The van der Waals surface area contributed by atoms with E-state index in [-0.39, 0.29) is 5.91 Å². The van der Waals surface area contributed by atoms with Crippen molar-refractivity contribution in [1.82, 2.24) is 4.57 Å². The molecule has 3 aromatic carbocycles. The summed E-state index contributed by atoms with van der Waals surface area (Å²) >= 11 is 3.30. The Labute approximate surface area is 166 Å². The predicted octanol–water partition coefficient (Wildman–Crippen LogP) is 5.49. The minimum absolute atomic E-state index is 0.0588. The van der Waals surface area contributed by atoms with Gasteiger partial charge in [0.2, 0.25) is 5.91 Å². The number of thiazole rings is 1. The largest absolute Gasteiger partial charge is 0.317 e. The van der Waals surface area contributed by atoms with Gasteiger partial charge in [-0.2, -0.15) is 4.99 Å². The molecular formula is C22H20N2OS2. The quantitative estimate of drug-likeness (QED) is 0.421. The summed E-state index contributed by atoms with van der Waals surface area (Å²) < 4.78 is 3.33. The van der Waals surface area contributed by atoms with Gasteiger partial charge in [0.05, 0.1) is 10.2 Å². The van der Waals surface area contributed by atoms with Crippen LogP contribution in [0.15, 0.2) is 76.6 Å². The number of rotatable bonds is 5. The molecule has 5 heteroatoms. The summed E-state index contributed by atoms with van der Waals surface area (Å²) in [7, 11) is 0. The summed E-state index contributed by atoms with van der Waals surface area (Å²) in [6.45, 7) is 2.89. The van der Waals surface area contributed by atoms with Crippen LogP contribution in [0.4, 0.5) is 0 Å². The van der Waals surface area contributed by atoms with Crippen LogP contribution in [-0.4, -0.2) is 16.2 Å². The first-order valence-corrected chi connectivity index (χ1v) is 10.8. The number of carbonyl (C=O) groups is 1. The molecule has 0 unspecified atom stereocenters. The van der Waals surface area contributed by atoms with Crippen LogP contribution in [0.1, 0.15) is 13.3 Å². The normalized spacial score (nSPS) is 12.1. The van der Waals surface area contributed by atoms with Gasteiger partial charge in [0.15, 0.2) is 4.80 Å². The zero-order valence-electron chi connectivity index (χ0n) is 15.1. The second kappa shape index (κ2) is 8.11. The number of hydrogen-bond acceptors (Lipinski definition) is 3. The highest BCUT2D eigenvalue weighted by atomic mass is 32.2. The first kappa shape index (κ1) is 18.0. The first-order chi connectivity index (χ1) is 13.3. The molecule has 4 rings (SSSR count). The van der Waals surface area contributed by atoms with E-state index in [9.17, 15) is 4.79 Å². The molecule has 0 N–H and O–H groups in total. The van der Waals surface area contributed by atoms with Crippen molar-refractivity contribution in [2.75, 3.05) is 5.75 Å². The second-order valence-corrected chi connectivity index (χ2v) is 8.33. The van der Waals surface area contributed by atoms with Crippen LogP contribution in [-0.2, 0) is 11.3 Å². The highest BCUT2D eigenvalue weighted by Gasteiger charge is 2.09. The van der Waals surface area contributed by atoms with E-state index < -0.39 is 0 Å². The van der Waals surface area contributed by atoms with Crippen LogP contribution < -0.4 is 4.80 Å². The Hall–Kier alpha value is -2.37. The molecule has 4 aromatic rings. The van der Waals surface area contributed by atoms with Gasteiger partial charge in [-0.3, -0.25) is 4.79 Å². The van der Waals surface area contributed by atoms with Crippen molar-refractivity contribution in [2.45, 2.75) is 24.8 Å². The molecule has 0 aliphatic heterocycles. The minimum Gasteiger partial charge on any atom is -0.317 e. The Balaban J connectivity index is 1.62. The molecule has 1 amide bonds. The van der Waals surface area contributed by atoms with Gasteiger partial charge >= 0.3 is 0 Å². The summed E-state index contributed by atoms with van der Waals surface area (Å²) in [5.41, 5.74) is 1.14. The standard InChI is InChI=1S/C22H20N2OS2/c1-2-24-19-13-12-16-8-6-7-11-18(16)21(19)27-22(24)23-20(25)14-15-26-17-9-4-3-5-10-17/h3-13H,2,14-15H2,1H3. The van der Waals surface area contributed by atoms with Gasteiger partial charge in [0.1, 0.15) is 0 Å². The lowest BCUT2D eigenvalue weighted by atomic mass is 10.1. The number of thioether (sulfide) groups is 1. The third-order valence-electron chi connectivity index (χ3n) is 4.44. The number of aryl methyl sites for hydroxylation is 1. The molecule has 1 aromatic heterocycles. The van der Waals surface area contributed by atoms with E-state index in [1.165, 1.54) is 20.4 Å². The monoisotopic (exact) mass is 392 g/mol. The number of aromatic nitrogens is 1. The fourth-order valence-corrected chi connectivity index (χ4v) is 5.23. The molecule has 0 spiro atoms. The molecule has 0 saturated heterocycles. The molecule has 0 fully saturated rings. The van der Waals surface area contributed by atoms with E-state index in [0.717, 1.165) is 22.6 Å². The average Bonchev–Trinajstić information content (AvgIpc) is 3.06. The Bertz CT molecular complexity index is 1160. The van der Waals surface area contributed by atoms with Gasteiger partial charge in [-0.05, 0) is 30.5 Å². The van der Waals surface area contributed by atoms with Crippen molar-refractivity contribution in [3.8, 4) is 0 Å². The van der Waals surface area contributed by atoms with E-state index in [2.05, 4.69) is 65.0 Å². The van der Waals surface area contributed by atoms with E-state index in [0.29, 0.717) is 6.42 Å². The second-order valence-electron chi connectivity index (χ2n) is 6.18. The van der Waals surface area contributed by atoms with Gasteiger partial charge in [-0.1, -0.05) is 59.9 Å². The maximum Gasteiger partial charge on any atom is 0.249 e. The summed E-state index contributed by atoms with van der Waals surface area (Å²) in [4.78, 5) is 18.8. The fourth-order valence-electron chi connectivity index (χ4n) is 3.13. The van der Waals surface area contributed by atoms with Gasteiger partial charge < -0.3 is 4.57 Å². The third-order valence-corrected chi connectivity index (χ3v) is 6.58. The average molecular weight is 393 g/mol. The van der Waals surface area contributed by atoms with Crippen molar-refractivity contribution in [2.24, 2.45) is 4.99 Å². The van der Waals surface area contributed by atoms with Crippen LogP contribution in [0.25, 0.3) is 21.0 Å². The molecular weight excluding hydrogens is 372 g/mol. The lowest BCUT2D eigenvalue weighted by Gasteiger charge is -2.02. The van der Waals surface area contributed by atoms with Crippen LogP contribution in [0, 0.1) is 0 Å². The highest BCUT2D eigenvalue weighted by molar-refractivity contribution is 7.99. The van der Waals surface area contributed by atoms with E-state index in [4.69, 9.17) is 0 Å². The van der Waals surface area contributed by atoms with E-state index in [1.54, 1.807) is 23.1 Å². The summed E-state index contributed by atoms with van der Waals surface area (Å²) in [5.74, 6) is 0.684. The number of fused-ring (bicyclic) bond motifs is 3. The SMILES string of the molecule is CCn1c(=NC(=O)CCSc2ccccc2)sc2c3ccccc3ccc21. The minimum atomic E-state index is -0.0588. The fraction of sp³-hybridized carbons (Fsp3) is 0.182. The smallest absolute Gasteiger partial charge is 0.249 e. The molecule has 0 atom stereocenters. The topological polar surface area (TPSA) is 34.4 Å². The summed E-state index contributed by atoms with van der Waals surface area (Å²) in [6, 6.07) is 22.8. The Morgan fingerprint density at radius 3 is 2.63 bits per heavy atom. The highest BCUT2D eigenvalue weighted by Crippen LogP contribution is 2.27. The molecule has 0 bridgehead atoms. The lowest BCUT2D eigenvalue weighted by Crippen LogP contribution is -2.15. The molecule has 1 heterocycles. The van der Waals surface area contributed by atoms with E-state index >= 15 is 0 Å². The van der Waals surface area contributed by atoms with E-state index in [1.807, 2.05) is 18.2 Å².